The molecule has 0 aromatic rings. The van der Waals surface area contributed by atoms with Crippen LogP contribution in [0.4, 0.5) is 0 Å². The zero-order valence-corrected chi connectivity index (χ0v) is 11.7. The Morgan fingerprint density at radius 1 is 1.25 bits per heavy atom. The quantitative estimate of drug-likeness (QED) is 0.344. The van der Waals surface area contributed by atoms with E-state index in [4.69, 9.17) is 9.47 Å². The van der Waals surface area contributed by atoms with Crippen LogP contribution in [-0.2, 0) is 19.1 Å². The molecule has 1 atom stereocenters. The summed E-state index contributed by atoms with van der Waals surface area (Å²) < 4.78 is 10.3. The number of ether oxygens (including phenoxy) is 2. The van der Waals surface area contributed by atoms with E-state index < -0.39 is 12.1 Å². The van der Waals surface area contributed by atoms with Crippen molar-refractivity contribution in [2.75, 3.05) is 13.2 Å². The normalized spacial score (nSPS) is 32.8. The summed E-state index contributed by atoms with van der Waals surface area (Å²) in [4.78, 5) is 23.8. The topological polar surface area (TPSA) is 72.8 Å². The number of ketones is 1. The zero-order valence-electron chi connectivity index (χ0n) is 11.7. The van der Waals surface area contributed by atoms with Crippen LogP contribution >= 0.6 is 0 Å². The fraction of sp³-hybridized carbons (Fsp3) is 0.733. The Kier molecular flexibility index (Phi) is 3.32. The smallest absolute Gasteiger partial charge is 0.345 e. The first-order valence-electron chi connectivity index (χ1n) is 7.26. The zero-order chi connectivity index (χ0) is 14.3. The van der Waals surface area contributed by atoms with Gasteiger partial charge in [0, 0.05) is 17.8 Å². The Bertz CT molecular complexity index is 445. The minimum atomic E-state index is -0.668. The van der Waals surface area contributed by atoms with Crippen LogP contribution in [0.2, 0.25) is 0 Å². The maximum Gasteiger partial charge on any atom is 0.345 e. The van der Waals surface area contributed by atoms with E-state index in [0.717, 1.165) is 38.9 Å². The molecule has 110 valence electrons. The van der Waals surface area contributed by atoms with Crippen LogP contribution in [0.3, 0.4) is 0 Å². The van der Waals surface area contributed by atoms with Gasteiger partial charge in [-0.25, -0.2) is 4.79 Å². The summed E-state index contributed by atoms with van der Waals surface area (Å²) in [6.45, 7) is 3.29. The lowest BCUT2D eigenvalue weighted by atomic mass is 9.68. The van der Waals surface area contributed by atoms with Gasteiger partial charge in [0.05, 0.1) is 13.2 Å². The van der Waals surface area contributed by atoms with Crippen LogP contribution in [0, 0.1) is 11.3 Å². The predicted molar refractivity (Wildman–Crippen MR) is 70.0 cm³/mol. The van der Waals surface area contributed by atoms with Crippen LogP contribution < -0.4 is 0 Å². The summed E-state index contributed by atoms with van der Waals surface area (Å²) in [5.41, 5.74) is 0.168. The third-order valence-electron chi connectivity index (χ3n) is 4.77. The second kappa shape index (κ2) is 4.88. The van der Waals surface area contributed by atoms with E-state index in [0.29, 0.717) is 0 Å². The number of carbonyl (C=O) groups excluding carboxylic acids is 2. The van der Waals surface area contributed by atoms with Gasteiger partial charge in [-0.05, 0) is 32.6 Å². The van der Waals surface area contributed by atoms with Gasteiger partial charge in [0.25, 0.3) is 0 Å². The lowest BCUT2D eigenvalue weighted by molar-refractivity contribution is -0.150. The van der Waals surface area contributed by atoms with Crippen molar-refractivity contribution >= 4 is 11.8 Å². The molecule has 0 amide bonds. The lowest BCUT2D eigenvalue weighted by Crippen LogP contribution is -2.45. The number of hydrogen-bond donors (Lipinski definition) is 1. The van der Waals surface area contributed by atoms with Gasteiger partial charge in [-0.1, -0.05) is 0 Å². The van der Waals surface area contributed by atoms with E-state index in [9.17, 15) is 14.7 Å². The maximum atomic E-state index is 12.0. The van der Waals surface area contributed by atoms with Crippen molar-refractivity contribution in [2.45, 2.75) is 45.1 Å². The number of aliphatic hydroxyl groups is 1. The maximum absolute atomic E-state index is 12.0. The minimum Gasteiger partial charge on any atom is -0.511 e. The third kappa shape index (κ3) is 2.24. The van der Waals surface area contributed by atoms with Gasteiger partial charge >= 0.3 is 5.97 Å². The molecule has 1 saturated carbocycles. The molecule has 20 heavy (non-hydrogen) atoms. The molecule has 0 radical (unpaired) electrons. The molecule has 0 aromatic heterocycles. The molecule has 0 bridgehead atoms. The monoisotopic (exact) mass is 280 g/mol. The predicted octanol–water partition coefficient (Wildman–Crippen LogP) is 1.91. The Balaban J connectivity index is 1.74. The standard InChI is InChI=1S/C15H20O5/c1-9-6-11(16)12(14(18)20-9)13(17)10-2-4-15(5-3-10)7-19-8-15/h9-10,17H,2-8H2,1H3/b13-12+/t9-/m1/s1. The highest BCUT2D eigenvalue weighted by molar-refractivity contribution is 6.19. The number of cyclic esters (lactones) is 1. The second-order valence-corrected chi connectivity index (χ2v) is 6.37. The second-order valence-electron chi connectivity index (χ2n) is 6.37. The molecule has 1 spiro atoms. The van der Waals surface area contributed by atoms with Crippen LogP contribution in [0.1, 0.15) is 39.0 Å². The van der Waals surface area contributed by atoms with E-state index in [1.165, 1.54) is 0 Å². The number of Topliss-reactive ketones (excluding diaryl/α,β-unsaturated/α-hetero) is 1. The van der Waals surface area contributed by atoms with E-state index in [2.05, 4.69) is 0 Å². The molecule has 3 rings (SSSR count). The van der Waals surface area contributed by atoms with Gasteiger partial charge in [0.2, 0.25) is 0 Å². The molecule has 3 fully saturated rings. The van der Waals surface area contributed by atoms with Crippen molar-refractivity contribution < 1.29 is 24.2 Å². The number of carbonyl (C=O) groups is 2. The molecule has 0 aromatic carbocycles. The van der Waals surface area contributed by atoms with Crippen LogP contribution in [-0.4, -0.2) is 36.2 Å². The first-order valence-corrected chi connectivity index (χ1v) is 7.26. The van der Waals surface area contributed by atoms with Crippen molar-refractivity contribution in [3.63, 3.8) is 0 Å². The highest BCUT2D eigenvalue weighted by Gasteiger charge is 2.43. The summed E-state index contributed by atoms with van der Waals surface area (Å²) in [6, 6.07) is 0. The van der Waals surface area contributed by atoms with Gasteiger partial charge in [-0.2, -0.15) is 0 Å². The van der Waals surface area contributed by atoms with Crippen molar-refractivity contribution in [3.8, 4) is 0 Å². The Hall–Kier alpha value is -1.36. The SMILES string of the molecule is C[C@@H]1CC(=O)/C(=C(\O)C2CCC3(CC2)COC3)C(=O)O1. The Labute approximate surface area is 117 Å². The molecule has 2 saturated heterocycles. The van der Waals surface area contributed by atoms with Crippen molar-refractivity contribution in [2.24, 2.45) is 11.3 Å². The van der Waals surface area contributed by atoms with Gasteiger partial charge in [0.1, 0.15) is 17.4 Å². The summed E-state index contributed by atoms with van der Waals surface area (Å²) in [5.74, 6) is -1.11. The molecule has 3 aliphatic rings. The molecule has 1 aliphatic carbocycles. The third-order valence-corrected chi connectivity index (χ3v) is 4.77. The van der Waals surface area contributed by atoms with Crippen molar-refractivity contribution in [1.82, 2.24) is 0 Å². The minimum absolute atomic E-state index is 0.0537. The number of aliphatic hydroxyl groups excluding tert-OH is 1. The molecule has 2 aliphatic heterocycles. The average molecular weight is 280 g/mol. The summed E-state index contributed by atoms with van der Waals surface area (Å²) in [6.07, 6.45) is 3.33. The van der Waals surface area contributed by atoms with E-state index in [1.807, 2.05) is 0 Å². The average Bonchev–Trinajstić information content (AvgIpc) is 2.35. The molecular formula is C15H20O5. The Morgan fingerprint density at radius 2 is 1.90 bits per heavy atom. The highest BCUT2D eigenvalue weighted by Crippen LogP contribution is 2.46. The number of esters is 1. The summed E-state index contributed by atoms with van der Waals surface area (Å²) in [7, 11) is 0. The first-order chi connectivity index (χ1) is 9.51. The number of rotatable bonds is 1. The van der Waals surface area contributed by atoms with Crippen molar-refractivity contribution in [3.05, 3.63) is 11.3 Å². The van der Waals surface area contributed by atoms with Crippen LogP contribution in [0.5, 0.6) is 0 Å². The fourth-order valence-corrected chi connectivity index (χ4v) is 3.39. The van der Waals surface area contributed by atoms with Gasteiger partial charge in [0.15, 0.2) is 5.78 Å². The van der Waals surface area contributed by atoms with Gasteiger partial charge in [-0.3, -0.25) is 4.79 Å². The highest BCUT2D eigenvalue weighted by atomic mass is 16.5. The van der Waals surface area contributed by atoms with Crippen molar-refractivity contribution in [1.29, 1.82) is 0 Å². The fourth-order valence-electron chi connectivity index (χ4n) is 3.39. The van der Waals surface area contributed by atoms with Crippen LogP contribution in [0.25, 0.3) is 0 Å². The molecular weight excluding hydrogens is 260 g/mol. The first kappa shape index (κ1) is 13.6. The van der Waals surface area contributed by atoms with E-state index in [-0.39, 0.29) is 34.9 Å². The van der Waals surface area contributed by atoms with Crippen LogP contribution in [0.15, 0.2) is 11.3 Å². The van der Waals surface area contributed by atoms with E-state index >= 15 is 0 Å². The van der Waals surface area contributed by atoms with E-state index in [1.54, 1.807) is 6.92 Å². The molecule has 5 heteroatoms. The number of hydrogen-bond acceptors (Lipinski definition) is 5. The molecule has 5 nitrogen and oxygen atoms in total. The van der Waals surface area contributed by atoms with Gasteiger partial charge in [-0.15, -0.1) is 0 Å². The lowest BCUT2D eigenvalue weighted by Gasteiger charge is -2.46. The molecule has 0 unspecified atom stereocenters. The number of allylic oxidation sites excluding steroid dienone is 1. The summed E-state index contributed by atoms with van der Waals surface area (Å²) in [5, 5.41) is 10.3. The molecule has 1 N–H and O–H groups in total. The largest absolute Gasteiger partial charge is 0.511 e. The Morgan fingerprint density at radius 3 is 2.40 bits per heavy atom. The summed E-state index contributed by atoms with van der Waals surface area (Å²) >= 11 is 0. The molecule has 2 heterocycles. The van der Waals surface area contributed by atoms with Gasteiger partial charge < -0.3 is 14.6 Å².